The molecule has 0 aliphatic rings. The number of ether oxygens (including phenoxy) is 1. The topological polar surface area (TPSA) is 69.0 Å². The number of carbonyl (C=O) groups is 1. The molecule has 0 bridgehead atoms. The molecular formula is C22H25ClN4O2S. The lowest BCUT2D eigenvalue weighted by atomic mass is 10.1. The van der Waals surface area contributed by atoms with Gasteiger partial charge in [0.2, 0.25) is 5.91 Å². The number of benzene rings is 2. The molecule has 0 saturated heterocycles. The number of amides is 1. The molecule has 0 fully saturated rings. The van der Waals surface area contributed by atoms with Crippen molar-refractivity contribution in [3.63, 3.8) is 0 Å². The number of aryl methyl sites for hydroxylation is 2. The summed E-state index contributed by atoms with van der Waals surface area (Å²) in [5.41, 5.74) is 3.09. The zero-order chi connectivity index (χ0) is 21.5. The molecule has 1 N–H and O–H groups in total. The monoisotopic (exact) mass is 444 g/mol. The molecule has 1 amide bonds. The maximum atomic E-state index is 12.3. The zero-order valence-corrected chi connectivity index (χ0v) is 18.9. The van der Waals surface area contributed by atoms with E-state index in [1.165, 1.54) is 17.3 Å². The Labute approximate surface area is 186 Å². The van der Waals surface area contributed by atoms with Gasteiger partial charge in [0, 0.05) is 12.2 Å². The van der Waals surface area contributed by atoms with Crippen LogP contribution in [-0.2, 0) is 24.4 Å². The molecular weight excluding hydrogens is 420 g/mol. The molecule has 2 aromatic carbocycles. The van der Waals surface area contributed by atoms with Gasteiger partial charge < -0.3 is 14.6 Å². The number of carbonyl (C=O) groups excluding carboxylic acids is 1. The van der Waals surface area contributed by atoms with Crippen LogP contribution >= 0.6 is 23.4 Å². The standard InChI is InChI=1S/C22H25ClN4O2S/c1-4-16-7-9-17(10-8-16)24-21(28)14-30-22-26-25-20(27(22)5-2)13-29-19-12-15(3)6-11-18(19)23/h6-12H,4-5,13-14H2,1-3H3,(H,24,28). The summed E-state index contributed by atoms with van der Waals surface area (Å²) in [4.78, 5) is 12.3. The first kappa shape index (κ1) is 22.2. The minimum Gasteiger partial charge on any atom is -0.484 e. The summed E-state index contributed by atoms with van der Waals surface area (Å²) in [6, 6.07) is 13.5. The van der Waals surface area contributed by atoms with Crippen LogP contribution in [0.5, 0.6) is 5.75 Å². The molecule has 0 atom stereocenters. The van der Waals surface area contributed by atoms with Crippen LogP contribution in [0.25, 0.3) is 0 Å². The third-order valence-electron chi connectivity index (χ3n) is 4.53. The highest BCUT2D eigenvalue weighted by Crippen LogP contribution is 2.26. The molecule has 0 spiro atoms. The fraction of sp³-hybridized carbons (Fsp3) is 0.318. The van der Waals surface area contributed by atoms with Crippen molar-refractivity contribution < 1.29 is 9.53 Å². The van der Waals surface area contributed by atoms with E-state index < -0.39 is 0 Å². The first-order valence-electron chi connectivity index (χ1n) is 9.82. The van der Waals surface area contributed by atoms with Crippen LogP contribution in [-0.4, -0.2) is 26.4 Å². The van der Waals surface area contributed by atoms with Crippen molar-refractivity contribution in [1.29, 1.82) is 0 Å². The van der Waals surface area contributed by atoms with Gasteiger partial charge in [-0.15, -0.1) is 10.2 Å². The smallest absolute Gasteiger partial charge is 0.234 e. The van der Waals surface area contributed by atoms with Gasteiger partial charge >= 0.3 is 0 Å². The number of aromatic nitrogens is 3. The molecule has 8 heteroatoms. The number of nitrogens with one attached hydrogen (secondary N) is 1. The molecule has 1 aromatic heterocycles. The van der Waals surface area contributed by atoms with Gasteiger partial charge in [0.15, 0.2) is 11.0 Å². The molecule has 6 nitrogen and oxygen atoms in total. The highest BCUT2D eigenvalue weighted by atomic mass is 35.5. The van der Waals surface area contributed by atoms with Crippen LogP contribution in [0, 0.1) is 6.92 Å². The van der Waals surface area contributed by atoms with Gasteiger partial charge in [-0.3, -0.25) is 4.79 Å². The van der Waals surface area contributed by atoms with E-state index in [4.69, 9.17) is 16.3 Å². The number of thioether (sulfide) groups is 1. The Morgan fingerprint density at radius 1 is 1.17 bits per heavy atom. The summed E-state index contributed by atoms with van der Waals surface area (Å²) >= 11 is 7.54. The maximum absolute atomic E-state index is 12.3. The van der Waals surface area contributed by atoms with Gasteiger partial charge in [0.1, 0.15) is 12.4 Å². The molecule has 0 aliphatic carbocycles. The lowest BCUT2D eigenvalue weighted by Gasteiger charge is -2.10. The number of nitrogens with zero attached hydrogens (tertiary/aromatic N) is 3. The van der Waals surface area contributed by atoms with Crippen molar-refractivity contribution in [2.45, 2.75) is 45.5 Å². The quantitative estimate of drug-likeness (QED) is 0.463. The van der Waals surface area contributed by atoms with Crippen LogP contribution in [0.15, 0.2) is 47.6 Å². The minimum absolute atomic E-state index is 0.0840. The van der Waals surface area contributed by atoms with Crippen molar-refractivity contribution in [1.82, 2.24) is 14.8 Å². The van der Waals surface area contributed by atoms with Gasteiger partial charge in [-0.2, -0.15) is 0 Å². The molecule has 0 unspecified atom stereocenters. The second-order valence-electron chi connectivity index (χ2n) is 6.75. The lowest BCUT2D eigenvalue weighted by Crippen LogP contribution is -2.15. The van der Waals surface area contributed by atoms with Crippen LogP contribution < -0.4 is 10.1 Å². The van der Waals surface area contributed by atoms with E-state index in [2.05, 4.69) is 22.4 Å². The number of hydrogen-bond donors (Lipinski definition) is 1. The van der Waals surface area contributed by atoms with Gasteiger partial charge in [0.05, 0.1) is 10.8 Å². The second kappa shape index (κ2) is 10.5. The molecule has 3 rings (SSSR count). The molecule has 3 aromatic rings. The molecule has 0 radical (unpaired) electrons. The van der Waals surface area contributed by atoms with E-state index in [0.29, 0.717) is 28.3 Å². The van der Waals surface area contributed by atoms with Crippen molar-refractivity contribution >= 4 is 35.0 Å². The van der Waals surface area contributed by atoms with E-state index >= 15 is 0 Å². The Kier molecular flexibility index (Phi) is 7.76. The third kappa shape index (κ3) is 5.77. The largest absolute Gasteiger partial charge is 0.484 e. The highest BCUT2D eigenvalue weighted by molar-refractivity contribution is 7.99. The maximum Gasteiger partial charge on any atom is 0.234 e. The van der Waals surface area contributed by atoms with Crippen molar-refractivity contribution in [3.8, 4) is 5.75 Å². The van der Waals surface area contributed by atoms with Crippen molar-refractivity contribution in [3.05, 3.63) is 64.4 Å². The van der Waals surface area contributed by atoms with E-state index in [9.17, 15) is 4.79 Å². The van der Waals surface area contributed by atoms with Crippen molar-refractivity contribution in [2.24, 2.45) is 0 Å². The Morgan fingerprint density at radius 2 is 1.93 bits per heavy atom. The molecule has 0 aliphatic heterocycles. The summed E-state index contributed by atoms with van der Waals surface area (Å²) in [7, 11) is 0. The van der Waals surface area contributed by atoms with E-state index in [1.807, 2.05) is 60.9 Å². The van der Waals surface area contributed by atoms with Gasteiger partial charge in [0.25, 0.3) is 0 Å². The predicted molar refractivity (Wildman–Crippen MR) is 121 cm³/mol. The Hall–Kier alpha value is -2.51. The Morgan fingerprint density at radius 3 is 2.63 bits per heavy atom. The Balaban J connectivity index is 1.58. The molecule has 158 valence electrons. The summed E-state index contributed by atoms with van der Waals surface area (Å²) in [5, 5.41) is 12.6. The number of anilines is 1. The third-order valence-corrected chi connectivity index (χ3v) is 5.81. The molecule has 0 saturated carbocycles. The minimum atomic E-state index is -0.0840. The number of rotatable bonds is 9. The first-order valence-corrected chi connectivity index (χ1v) is 11.2. The average molecular weight is 445 g/mol. The average Bonchev–Trinajstić information content (AvgIpc) is 3.15. The molecule has 30 heavy (non-hydrogen) atoms. The summed E-state index contributed by atoms with van der Waals surface area (Å²) in [6.45, 7) is 7.01. The van der Waals surface area contributed by atoms with Gasteiger partial charge in [-0.1, -0.05) is 48.5 Å². The normalized spacial score (nSPS) is 10.8. The van der Waals surface area contributed by atoms with Gasteiger partial charge in [-0.25, -0.2) is 0 Å². The Bertz CT molecular complexity index is 1000. The van der Waals surface area contributed by atoms with Crippen LogP contribution in [0.1, 0.15) is 30.8 Å². The van der Waals surface area contributed by atoms with Gasteiger partial charge in [-0.05, 0) is 55.7 Å². The zero-order valence-electron chi connectivity index (χ0n) is 17.3. The summed E-state index contributed by atoms with van der Waals surface area (Å²) in [5.74, 6) is 1.47. The van der Waals surface area contributed by atoms with Crippen molar-refractivity contribution in [2.75, 3.05) is 11.1 Å². The second-order valence-corrected chi connectivity index (χ2v) is 8.10. The SMILES string of the molecule is CCc1ccc(NC(=O)CSc2nnc(COc3cc(C)ccc3Cl)n2CC)cc1. The summed E-state index contributed by atoms with van der Waals surface area (Å²) in [6.07, 6.45) is 0.971. The van der Waals surface area contributed by atoms with E-state index in [-0.39, 0.29) is 18.3 Å². The number of halogens is 1. The first-order chi connectivity index (χ1) is 14.5. The summed E-state index contributed by atoms with van der Waals surface area (Å²) < 4.78 is 7.78. The fourth-order valence-corrected chi connectivity index (χ4v) is 3.86. The van der Waals surface area contributed by atoms with E-state index in [0.717, 1.165) is 17.7 Å². The van der Waals surface area contributed by atoms with Crippen LogP contribution in [0.4, 0.5) is 5.69 Å². The van der Waals surface area contributed by atoms with Crippen LogP contribution in [0.2, 0.25) is 5.02 Å². The van der Waals surface area contributed by atoms with Crippen LogP contribution in [0.3, 0.4) is 0 Å². The number of hydrogen-bond acceptors (Lipinski definition) is 5. The predicted octanol–water partition coefficient (Wildman–Crippen LogP) is 5.13. The lowest BCUT2D eigenvalue weighted by molar-refractivity contribution is -0.113. The molecule has 1 heterocycles. The fourth-order valence-electron chi connectivity index (χ4n) is 2.86. The highest BCUT2D eigenvalue weighted by Gasteiger charge is 2.14. The van der Waals surface area contributed by atoms with E-state index in [1.54, 1.807) is 0 Å².